The van der Waals surface area contributed by atoms with Crippen molar-refractivity contribution in [1.82, 2.24) is 0 Å². The van der Waals surface area contributed by atoms with Crippen molar-refractivity contribution in [2.75, 3.05) is 4.90 Å². The van der Waals surface area contributed by atoms with Crippen molar-refractivity contribution in [3.8, 4) is 34.1 Å². The second-order valence-corrected chi connectivity index (χ2v) is 13.3. The van der Waals surface area contributed by atoms with Gasteiger partial charge in [-0.05, 0) is 70.8 Å². The smallest absolute Gasteiger partial charge is 0.178 e. The van der Waals surface area contributed by atoms with Gasteiger partial charge in [-0.1, -0.05) is 134 Å². The van der Waals surface area contributed by atoms with E-state index in [1.807, 2.05) is 48.6 Å². The first-order valence-electron chi connectivity index (χ1n) is 17.8. The second-order valence-electron chi connectivity index (χ2n) is 13.3. The highest BCUT2D eigenvalue weighted by atomic mass is 16.6. The first-order chi connectivity index (χ1) is 26.2. The molecule has 2 heterocycles. The van der Waals surface area contributed by atoms with Crippen LogP contribution in [-0.2, 0) is 5.41 Å². The molecule has 252 valence electrons. The van der Waals surface area contributed by atoms with Gasteiger partial charge >= 0.3 is 0 Å². The summed E-state index contributed by atoms with van der Waals surface area (Å²) in [7, 11) is 0. The van der Waals surface area contributed by atoms with E-state index in [2.05, 4.69) is 145 Å². The zero-order valence-corrected chi connectivity index (χ0v) is 28.8. The van der Waals surface area contributed by atoms with Gasteiger partial charge in [-0.2, -0.15) is 0 Å². The summed E-state index contributed by atoms with van der Waals surface area (Å²) in [5.41, 5.74) is 9.79. The molecule has 8 aromatic rings. The van der Waals surface area contributed by atoms with Crippen LogP contribution in [0.15, 0.2) is 199 Å². The van der Waals surface area contributed by atoms with Crippen molar-refractivity contribution < 1.29 is 13.9 Å². The molecule has 1 aromatic heterocycles. The Balaban J connectivity index is 1.09. The van der Waals surface area contributed by atoms with Crippen LogP contribution in [0.3, 0.4) is 0 Å². The molecular formula is C49H33NO3. The zero-order chi connectivity index (χ0) is 35.4. The molecule has 0 radical (unpaired) electrons. The van der Waals surface area contributed by atoms with E-state index in [4.69, 9.17) is 13.9 Å². The fraction of sp³-hybridized carbons (Fsp3) is 0.0204. The Kier molecular flexibility index (Phi) is 7.15. The van der Waals surface area contributed by atoms with Gasteiger partial charge < -0.3 is 18.8 Å². The van der Waals surface area contributed by atoms with Gasteiger partial charge in [0.2, 0.25) is 0 Å². The minimum absolute atomic E-state index is 0.529. The average molecular weight is 684 g/mol. The largest absolute Gasteiger partial charge is 0.456 e. The van der Waals surface area contributed by atoms with Crippen molar-refractivity contribution in [3.05, 3.63) is 211 Å². The topological polar surface area (TPSA) is 34.8 Å². The third-order valence-electron chi connectivity index (χ3n) is 10.4. The summed E-state index contributed by atoms with van der Waals surface area (Å²) in [4.78, 5) is 2.21. The number of rotatable bonds is 7. The quantitative estimate of drug-likeness (QED) is 0.157. The number of fused-ring (bicyclic) bond motifs is 9. The van der Waals surface area contributed by atoms with Crippen molar-refractivity contribution in [2.45, 2.75) is 5.41 Å². The van der Waals surface area contributed by atoms with E-state index in [1.165, 1.54) is 11.1 Å². The summed E-state index contributed by atoms with van der Waals surface area (Å²) >= 11 is 0. The Bertz CT molecular complexity index is 2760. The van der Waals surface area contributed by atoms with Crippen molar-refractivity contribution in [3.63, 3.8) is 0 Å². The fourth-order valence-electron chi connectivity index (χ4n) is 8.07. The first-order valence-corrected chi connectivity index (χ1v) is 17.8. The lowest BCUT2D eigenvalue weighted by Gasteiger charge is -2.31. The van der Waals surface area contributed by atoms with Gasteiger partial charge in [-0.25, -0.2) is 0 Å². The molecule has 1 atom stereocenters. The molecule has 0 N–H and O–H groups in total. The van der Waals surface area contributed by atoms with Crippen LogP contribution in [0.5, 0.6) is 23.0 Å². The molecule has 53 heavy (non-hydrogen) atoms. The molecule has 0 amide bonds. The van der Waals surface area contributed by atoms with Gasteiger partial charge in [0.05, 0.1) is 11.1 Å². The maximum Gasteiger partial charge on any atom is 0.178 e. The molecule has 1 aliphatic heterocycles. The molecule has 0 saturated carbocycles. The van der Waals surface area contributed by atoms with Gasteiger partial charge in [-0.15, -0.1) is 0 Å². The van der Waals surface area contributed by atoms with Gasteiger partial charge in [0.1, 0.15) is 11.2 Å². The number of benzene rings is 7. The van der Waals surface area contributed by atoms with E-state index >= 15 is 0 Å². The van der Waals surface area contributed by atoms with Gasteiger partial charge in [0.15, 0.2) is 23.0 Å². The van der Waals surface area contributed by atoms with Crippen molar-refractivity contribution in [1.29, 1.82) is 0 Å². The minimum atomic E-state index is -0.529. The maximum absolute atomic E-state index is 6.88. The second kappa shape index (κ2) is 12.3. The van der Waals surface area contributed by atoms with Crippen LogP contribution >= 0.6 is 0 Å². The van der Waals surface area contributed by atoms with E-state index in [-0.39, 0.29) is 0 Å². The number of ether oxygens (including phenoxy) is 2. The van der Waals surface area contributed by atoms with Gasteiger partial charge in [0.25, 0.3) is 0 Å². The van der Waals surface area contributed by atoms with Crippen LogP contribution in [0, 0.1) is 0 Å². The Morgan fingerprint density at radius 3 is 2.09 bits per heavy atom. The van der Waals surface area contributed by atoms with Crippen LogP contribution < -0.4 is 14.4 Å². The number of allylic oxidation sites excluding steroid dienone is 5. The fourth-order valence-corrected chi connectivity index (χ4v) is 8.07. The molecule has 2 aliphatic rings. The van der Waals surface area contributed by atoms with E-state index in [0.29, 0.717) is 17.2 Å². The monoisotopic (exact) mass is 683 g/mol. The minimum Gasteiger partial charge on any atom is -0.456 e. The number of para-hydroxylation sites is 2. The highest BCUT2D eigenvalue weighted by Crippen LogP contribution is 2.61. The van der Waals surface area contributed by atoms with Crippen molar-refractivity contribution >= 4 is 39.0 Å². The van der Waals surface area contributed by atoms with Crippen LogP contribution in [-0.4, -0.2) is 0 Å². The van der Waals surface area contributed by atoms with E-state index < -0.39 is 5.41 Å². The Hall–Kier alpha value is -7.04. The van der Waals surface area contributed by atoms with Gasteiger partial charge in [0, 0.05) is 39.8 Å². The van der Waals surface area contributed by atoms with E-state index in [9.17, 15) is 0 Å². The van der Waals surface area contributed by atoms with Crippen LogP contribution in [0.4, 0.5) is 17.1 Å². The molecule has 7 aromatic carbocycles. The standard InChI is InChI=1S/C49H33NO3/c1-2-3-4-15-30-49(33-16-7-5-8-17-33)40-22-13-11-21-39(40)47-41(49)27-29-44-48(47)53-43-28-25-36(32-46(43)52-44)50(34-18-9-6-10-19-34)35-24-26-38-37-20-12-14-23-42(37)51-45(38)31-35/h2-32H,1H2/b4-3-,30-15+. The van der Waals surface area contributed by atoms with Crippen LogP contribution in [0.1, 0.15) is 16.7 Å². The Morgan fingerprint density at radius 1 is 0.509 bits per heavy atom. The highest BCUT2D eigenvalue weighted by Gasteiger charge is 2.45. The summed E-state index contributed by atoms with van der Waals surface area (Å²) in [5.74, 6) is 2.71. The Labute approximate surface area is 307 Å². The predicted molar refractivity (Wildman–Crippen MR) is 215 cm³/mol. The van der Waals surface area contributed by atoms with E-state index in [1.54, 1.807) is 6.08 Å². The Morgan fingerprint density at radius 2 is 1.23 bits per heavy atom. The lowest BCUT2D eigenvalue weighted by molar-refractivity contribution is 0.360. The molecule has 0 fully saturated rings. The van der Waals surface area contributed by atoms with Crippen LogP contribution in [0.2, 0.25) is 0 Å². The molecule has 1 aliphatic carbocycles. The molecule has 4 heteroatoms. The molecule has 0 saturated heterocycles. The molecule has 10 rings (SSSR count). The normalized spacial score (nSPS) is 15.5. The molecule has 0 bridgehead atoms. The summed E-state index contributed by atoms with van der Waals surface area (Å²) < 4.78 is 19.9. The molecule has 4 nitrogen and oxygen atoms in total. The zero-order valence-electron chi connectivity index (χ0n) is 28.8. The van der Waals surface area contributed by atoms with Crippen LogP contribution in [0.25, 0.3) is 33.1 Å². The maximum atomic E-state index is 6.88. The average Bonchev–Trinajstić information content (AvgIpc) is 3.73. The predicted octanol–water partition coefficient (Wildman–Crippen LogP) is 13.6. The summed E-state index contributed by atoms with van der Waals surface area (Å²) in [6, 6.07) is 54.6. The summed E-state index contributed by atoms with van der Waals surface area (Å²) in [6.07, 6.45) is 10.2. The number of hydrogen-bond acceptors (Lipinski definition) is 4. The first kappa shape index (κ1) is 30.8. The lowest BCUT2D eigenvalue weighted by Crippen LogP contribution is -2.24. The SMILES string of the molecule is C=C/C=C\C=C\C1(c2ccccc2)c2ccccc2-c2c1ccc1c2Oc2ccc(N(c3ccccc3)c3ccc4c(c3)oc3ccccc34)cc2O1. The number of anilines is 3. The molecule has 1 unspecified atom stereocenters. The highest BCUT2D eigenvalue weighted by molar-refractivity contribution is 6.06. The summed E-state index contributed by atoms with van der Waals surface area (Å²) in [6.45, 7) is 3.85. The van der Waals surface area contributed by atoms with Gasteiger partial charge in [-0.3, -0.25) is 0 Å². The third-order valence-corrected chi connectivity index (χ3v) is 10.4. The molecular weight excluding hydrogens is 651 g/mol. The van der Waals surface area contributed by atoms with E-state index in [0.717, 1.165) is 61.4 Å². The summed E-state index contributed by atoms with van der Waals surface area (Å²) in [5, 5.41) is 2.19. The number of hydrogen-bond donors (Lipinski definition) is 0. The lowest BCUT2D eigenvalue weighted by atomic mass is 9.72. The number of nitrogens with zero attached hydrogens (tertiary/aromatic N) is 1. The molecule has 0 spiro atoms. The van der Waals surface area contributed by atoms with Crippen molar-refractivity contribution in [2.24, 2.45) is 0 Å². The third kappa shape index (κ3) is 4.84. The number of furan rings is 1.